The smallest absolute Gasteiger partial charge is 0.416 e. The van der Waals surface area contributed by atoms with Crippen molar-refractivity contribution in [3.8, 4) is 11.5 Å². The Hall–Kier alpha value is -2.91. The van der Waals surface area contributed by atoms with Crippen molar-refractivity contribution in [3.63, 3.8) is 0 Å². The molecule has 0 unspecified atom stereocenters. The minimum Gasteiger partial charge on any atom is -0.497 e. The van der Waals surface area contributed by atoms with Crippen LogP contribution in [-0.2, 0) is 17.1 Å². The number of ether oxygens (including phenoxy) is 2. The molecule has 0 bridgehead atoms. The number of anilines is 1. The fraction of sp³-hybridized carbons (Fsp3) is 0.235. The normalized spacial score (nSPS) is 11.8. The lowest BCUT2D eigenvalue weighted by atomic mass is 10.1. The van der Waals surface area contributed by atoms with Crippen LogP contribution < -0.4 is 14.8 Å². The van der Waals surface area contributed by atoms with Crippen molar-refractivity contribution in [1.82, 2.24) is 0 Å². The highest BCUT2D eigenvalue weighted by Crippen LogP contribution is 2.38. The molecule has 0 aliphatic heterocycles. The van der Waals surface area contributed by atoms with Crippen LogP contribution in [-0.4, -0.2) is 19.6 Å². The fourth-order valence-electron chi connectivity index (χ4n) is 2.06. The Bertz CT molecular complexity index is 785. The van der Waals surface area contributed by atoms with E-state index in [0.717, 1.165) is 0 Å². The van der Waals surface area contributed by atoms with Crippen LogP contribution in [0.25, 0.3) is 0 Å². The van der Waals surface area contributed by atoms with E-state index in [9.17, 15) is 31.1 Å². The Morgan fingerprint density at radius 1 is 0.926 bits per heavy atom. The summed E-state index contributed by atoms with van der Waals surface area (Å²) in [5, 5.41) is 2.39. The van der Waals surface area contributed by atoms with E-state index in [1.165, 1.54) is 19.2 Å². The van der Waals surface area contributed by atoms with Gasteiger partial charge in [0.2, 0.25) is 0 Å². The molecule has 0 saturated heterocycles. The summed E-state index contributed by atoms with van der Waals surface area (Å²) in [5.41, 5.74) is -2.73. The summed E-state index contributed by atoms with van der Waals surface area (Å²) >= 11 is 0. The van der Waals surface area contributed by atoms with Crippen LogP contribution in [0.5, 0.6) is 11.5 Å². The molecule has 146 valence electrons. The number of hydrogen-bond donors (Lipinski definition) is 1. The lowest BCUT2D eigenvalue weighted by Crippen LogP contribution is -2.20. The van der Waals surface area contributed by atoms with Crippen molar-refractivity contribution in [3.05, 3.63) is 53.6 Å². The third-order valence-electron chi connectivity index (χ3n) is 3.28. The molecule has 1 N–H and O–H groups in total. The molecule has 0 heterocycles. The van der Waals surface area contributed by atoms with Crippen LogP contribution in [0.3, 0.4) is 0 Å². The number of carbonyl (C=O) groups is 1. The SMILES string of the molecule is COc1cccc(NC(=O)COc2cc(C(F)(F)F)cc(C(F)(F)F)c2)c1. The van der Waals surface area contributed by atoms with Crippen LogP contribution in [0.4, 0.5) is 32.0 Å². The second-order valence-electron chi connectivity index (χ2n) is 5.31. The van der Waals surface area contributed by atoms with Gasteiger partial charge in [-0.05, 0) is 30.3 Å². The van der Waals surface area contributed by atoms with E-state index >= 15 is 0 Å². The van der Waals surface area contributed by atoms with Gasteiger partial charge in [-0.15, -0.1) is 0 Å². The summed E-state index contributed by atoms with van der Waals surface area (Å²) in [5.74, 6) is -1.05. The molecule has 1 amide bonds. The summed E-state index contributed by atoms with van der Waals surface area (Å²) in [6.07, 6.45) is -10.00. The first kappa shape index (κ1) is 20.4. The van der Waals surface area contributed by atoms with Gasteiger partial charge in [-0.1, -0.05) is 6.07 Å². The van der Waals surface area contributed by atoms with Crippen molar-refractivity contribution in [2.45, 2.75) is 12.4 Å². The summed E-state index contributed by atoms with van der Waals surface area (Å²) < 4.78 is 86.5. The Morgan fingerprint density at radius 2 is 1.52 bits per heavy atom. The fourth-order valence-corrected chi connectivity index (χ4v) is 2.06. The molecular formula is C17H13F6NO3. The van der Waals surface area contributed by atoms with Crippen LogP contribution in [0.15, 0.2) is 42.5 Å². The van der Waals surface area contributed by atoms with Crippen molar-refractivity contribution in [2.75, 3.05) is 19.0 Å². The highest BCUT2D eigenvalue weighted by molar-refractivity contribution is 5.92. The molecule has 0 aliphatic carbocycles. The Balaban J connectivity index is 2.13. The molecule has 4 nitrogen and oxygen atoms in total. The molecule has 2 rings (SSSR count). The van der Waals surface area contributed by atoms with Gasteiger partial charge in [0.15, 0.2) is 6.61 Å². The maximum atomic E-state index is 12.8. The zero-order valence-corrected chi connectivity index (χ0v) is 13.7. The van der Waals surface area contributed by atoms with E-state index in [4.69, 9.17) is 9.47 Å². The third-order valence-corrected chi connectivity index (χ3v) is 3.28. The van der Waals surface area contributed by atoms with Gasteiger partial charge in [-0.2, -0.15) is 26.3 Å². The number of amides is 1. The molecular weight excluding hydrogens is 380 g/mol. The van der Waals surface area contributed by atoms with Gasteiger partial charge < -0.3 is 14.8 Å². The van der Waals surface area contributed by atoms with Crippen LogP contribution in [0.1, 0.15) is 11.1 Å². The number of rotatable bonds is 5. The predicted molar refractivity (Wildman–Crippen MR) is 83.6 cm³/mol. The Morgan fingerprint density at radius 3 is 2.04 bits per heavy atom. The summed E-state index contributed by atoms with van der Waals surface area (Å²) in [6.45, 7) is -0.782. The zero-order valence-electron chi connectivity index (χ0n) is 13.7. The molecule has 27 heavy (non-hydrogen) atoms. The lowest BCUT2D eigenvalue weighted by molar-refractivity contribution is -0.143. The maximum absolute atomic E-state index is 12.8. The third kappa shape index (κ3) is 5.80. The first-order valence-corrected chi connectivity index (χ1v) is 7.35. The number of benzene rings is 2. The largest absolute Gasteiger partial charge is 0.497 e. The maximum Gasteiger partial charge on any atom is 0.416 e. The quantitative estimate of drug-likeness (QED) is 0.746. The van der Waals surface area contributed by atoms with E-state index in [0.29, 0.717) is 23.6 Å². The molecule has 2 aromatic rings. The second kappa shape index (κ2) is 7.77. The molecule has 0 aromatic heterocycles. The van der Waals surface area contributed by atoms with Gasteiger partial charge in [0, 0.05) is 11.8 Å². The molecule has 10 heteroatoms. The van der Waals surface area contributed by atoms with E-state index < -0.39 is 41.7 Å². The van der Waals surface area contributed by atoms with Gasteiger partial charge in [0.25, 0.3) is 5.91 Å². The van der Waals surface area contributed by atoms with Gasteiger partial charge >= 0.3 is 12.4 Å². The molecule has 0 spiro atoms. The minimum absolute atomic E-state index is 0.0246. The van der Waals surface area contributed by atoms with Crippen LogP contribution >= 0.6 is 0 Å². The number of methoxy groups -OCH3 is 1. The average Bonchev–Trinajstić information content (AvgIpc) is 2.58. The van der Waals surface area contributed by atoms with E-state index in [2.05, 4.69) is 5.32 Å². The average molecular weight is 393 g/mol. The highest BCUT2D eigenvalue weighted by atomic mass is 19.4. The molecule has 0 saturated carbocycles. The van der Waals surface area contributed by atoms with Gasteiger partial charge in [-0.3, -0.25) is 4.79 Å². The van der Waals surface area contributed by atoms with Gasteiger partial charge in [0.05, 0.1) is 18.2 Å². The molecule has 0 fully saturated rings. The van der Waals surface area contributed by atoms with Crippen LogP contribution in [0.2, 0.25) is 0 Å². The number of halogens is 6. The molecule has 0 atom stereocenters. The summed E-state index contributed by atoms with van der Waals surface area (Å²) in [6, 6.07) is 6.97. The molecule has 2 aromatic carbocycles. The van der Waals surface area contributed by atoms with Crippen molar-refractivity contribution in [2.24, 2.45) is 0 Å². The number of alkyl halides is 6. The van der Waals surface area contributed by atoms with E-state index in [-0.39, 0.29) is 6.07 Å². The topological polar surface area (TPSA) is 47.6 Å². The van der Waals surface area contributed by atoms with Crippen molar-refractivity contribution in [1.29, 1.82) is 0 Å². The zero-order chi connectivity index (χ0) is 20.2. The predicted octanol–water partition coefficient (Wildman–Crippen LogP) is 4.75. The second-order valence-corrected chi connectivity index (χ2v) is 5.31. The lowest BCUT2D eigenvalue weighted by Gasteiger charge is -2.15. The Labute approximate surface area is 149 Å². The number of nitrogens with one attached hydrogen (secondary N) is 1. The first-order chi connectivity index (χ1) is 12.5. The monoisotopic (exact) mass is 393 g/mol. The Kier molecular flexibility index (Phi) is 5.87. The molecule has 0 aliphatic rings. The standard InChI is InChI=1S/C17H13F6NO3/c1-26-13-4-2-3-12(8-13)24-15(25)9-27-14-6-10(16(18,19)20)5-11(7-14)17(21,22)23/h2-8H,9H2,1H3,(H,24,25). The molecule has 0 radical (unpaired) electrons. The van der Waals surface area contributed by atoms with Gasteiger partial charge in [-0.25, -0.2) is 0 Å². The summed E-state index contributed by atoms with van der Waals surface area (Å²) in [4.78, 5) is 11.8. The highest BCUT2D eigenvalue weighted by Gasteiger charge is 2.37. The van der Waals surface area contributed by atoms with Crippen LogP contribution in [0, 0.1) is 0 Å². The summed E-state index contributed by atoms with van der Waals surface area (Å²) in [7, 11) is 1.41. The minimum atomic E-state index is -5.00. The van der Waals surface area contributed by atoms with Gasteiger partial charge in [0.1, 0.15) is 11.5 Å². The van der Waals surface area contributed by atoms with Crippen molar-refractivity contribution < 1.29 is 40.6 Å². The van der Waals surface area contributed by atoms with Crippen molar-refractivity contribution >= 4 is 11.6 Å². The number of hydrogen-bond acceptors (Lipinski definition) is 3. The number of carbonyl (C=O) groups excluding carboxylic acids is 1. The first-order valence-electron chi connectivity index (χ1n) is 7.35. The van der Waals surface area contributed by atoms with E-state index in [1.807, 2.05) is 0 Å². The van der Waals surface area contributed by atoms with E-state index in [1.54, 1.807) is 12.1 Å².